The van der Waals surface area contributed by atoms with E-state index in [1.165, 1.54) is 0 Å². The summed E-state index contributed by atoms with van der Waals surface area (Å²) in [6.07, 6.45) is 3.66. The zero-order valence-corrected chi connectivity index (χ0v) is 11.0. The third-order valence-electron chi connectivity index (χ3n) is 3.32. The normalized spacial score (nSPS) is 12.5. The van der Waals surface area contributed by atoms with Gasteiger partial charge < -0.3 is 9.88 Å². The van der Waals surface area contributed by atoms with E-state index in [1.54, 1.807) is 6.20 Å². The summed E-state index contributed by atoms with van der Waals surface area (Å²) in [6, 6.07) is 12.3. The van der Waals surface area contributed by atoms with Crippen molar-refractivity contribution < 1.29 is 0 Å². The third kappa shape index (κ3) is 2.17. The van der Waals surface area contributed by atoms with Crippen LogP contribution in [0.15, 0.2) is 48.8 Å². The van der Waals surface area contributed by atoms with Gasteiger partial charge in [0.1, 0.15) is 0 Å². The molecule has 0 spiro atoms. The zero-order chi connectivity index (χ0) is 13.2. The van der Waals surface area contributed by atoms with E-state index in [0.717, 1.165) is 22.5 Å². The van der Waals surface area contributed by atoms with E-state index in [9.17, 15) is 0 Å². The first-order valence-electron chi connectivity index (χ1n) is 6.33. The fraction of sp³-hybridized carbons (Fsp3) is 0.200. The maximum Gasteiger partial charge on any atom is 0.204 e. The highest BCUT2D eigenvalue weighted by Crippen LogP contribution is 2.21. The molecule has 0 fully saturated rings. The lowest BCUT2D eigenvalue weighted by molar-refractivity contribution is 0.827. The van der Waals surface area contributed by atoms with E-state index in [2.05, 4.69) is 38.9 Å². The molecule has 0 radical (unpaired) electrons. The van der Waals surface area contributed by atoms with Crippen molar-refractivity contribution in [2.45, 2.75) is 13.0 Å². The Morgan fingerprint density at radius 3 is 2.74 bits per heavy atom. The molecule has 0 saturated heterocycles. The molecule has 0 amide bonds. The van der Waals surface area contributed by atoms with Crippen molar-refractivity contribution in [2.24, 2.45) is 7.05 Å². The molecular weight excluding hydrogens is 236 g/mol. The standard InChI is InChI=1S/C15H16N4/c1-11(12-6-5-9-16-10-12)17-15-18-13-7-3-4-8-14(13)19(15)2/h3-11H,1-2H3,(H,17,18). The quantitative estimate of drug-likeness (QED) is 0.778. The van der Waals surface area contributed by atoms with Gasteiger partial charge in [-0.3, -0.25) is 4.98 Å². The van der Waals surface area contributed by atoms with E-state index in [0.29, 0.717) is 0 Å². The summed E-state index contributed by atoms with van der Waals surface area (Å²) in [4.78, 5) is 8.75. The average molecular weight is 252 g/mol. The number of benzene rings is 1. The number of imidazole rings is 1. The van der Waals surface area contributed by atoms with Gasteiger partial charge in [0, 0.05) is 19.4 Å². The topological polar surface area (TPSA) is 42.7 Å². The van der Waals surface area contributed by atoms with Crippen LogP contribution in [0.25, 0.3) is 11.0 Å². The molecule has 4 nitrogen and oxygen atoms in total. The highest BCUT2D eigenvalue weighted by atomic mass is 15.2. The van der Waals surface area contributed by atoms with Crippen molar-refractivity contribution in [3.05, 3.63) is 54.4 Å². The second-order valence-electron chi connectivity index (χ2n) is 4.64. The molecular formula is C15H16N4. The van der Waals surface area contributed by atoms with Gasteiger partial charge in [-0.2, -0.15) is 0 Å². The van der Waals surface area contributed by atoms with Crippen LogP contribution in [0.1, 0.15) is 18.5 Å². The van der Waals surface area contributed by atoms with Crippen molar-refractivity contribution in [3.63, 3.8) is 0 Å². The zero-order valence-electron chi connectivity index (χ0n) is 11.0. The summed E-state index contributed by atoms with van der Waals surface area (Å²) >= 11 is 0. The van der Waals surface area contributed by atoms with Crippen LogP contribution in [0.4, 0.5) is 5.95 Å². The molecule has 0 saturated carbocycles. The number of aromatic nitrogens is 3. The van der Waals surface area contributed by atoms with Crippen molar-refractivity contribution in [3.8, 4) is 0 Å². The molecule has 19 heavy (non-hydrogen) atoms. The van der Waals surface area contributed by atoms with E-state index in [4.69, 9.17) is 0 Å². The lowest BCUT2D eigenvalue weighted by Crippen LogP contribution is -2.10. The molecule has 1 N–H and O–H groups in total. The van der Waals surface area contributed by atoms with Crippen molar-refractivity contribution in [1.82, 2.24) is 14.5 Å². The van der Waals surface area contributed by atoms with Crippen molar-refractivity contribution in [1.29, 1.82) is 0 Å². The van der Waals surface area contributed by atoms with Crippen molar-refractivity contribution in [2.75, 3.05) is 5.32 Å². The number of para-hydroxylation sites is 2. The minimum absolute atomic E-state index is 0.171. The minimum Gasteiger partial charge on any atom is -0.349 e. The first-order valence-corrected chi connectivity index (χ1v) is 6.33. The number of hydrogen-bond acceptors (Lipinski definition) is 3. The fourth-order valence-electron chi connectivity index (χ4n) is 2.18. The number of aryl methyl sites for hydroxylation is 1. The number of fused-ring (bicyclic) bond motifs is 1. The second kappa shape index (κ2) is 4.72. The number of rotatable bonds is 3. The van der Waals surface area contributed by atoms with E-state index in [-0.39, 0.29) is 6.04 Å². The Kier molecular flexibility index (Phi) is 2.91. The van der Waals surface area contributed by atoms with Crippen LogP contribution in [0.3, 0.4) is 0 Å². The molecule has 0 aliphatic carbocycles. The molecule has 3 aromatic rings. The van der Waals surface area contributed by atoms with Gasteiger partial charge in [-0.1, -0.05) is 18.2 Å². The number of nitrogens with one attached hydrogen (secondary N) is 1. The van der Waals surface area contributed by atoms with Crippen LogP contribution < -0.4 is 5.32 Å². The highest BCUT2D eigenvalue weighted by molar-refractivity contribution is 5.78. The predicted molar refractivity (Wildman–Crippen MR) is 77.0 cm³/mol. The minimum atomic E-state index is 0.171. The number of pyridine rings is 1. The maximum absolute atomic E-state index is 4.61. The molecule has 0 bridgehead atoms. The SMILES string of the molecule is CC(Nc1nc2ccccc2n1C)c1cccnc1. The molecule has 1 unspecified atom stereocenters. The predicted octanol–water partition coefficient (Wildman–Crippen LogP) is 3.14. The Morgan fingerprint density at radius 2 is 2.00 bits per heavy atom. The molecule has 2 aromatic heterocycles. The molecule has 0 aliphatic heterocycles. The van der Waals surface area contributed by atoms with E-state index < -0.39 is 0 Å². The van der Waals surface area contributed by atoms with Crippen molar-refractivity contribution >= 4 is 17.0 Å². The Morgan fingerprint density at radius 1 is 1.16 bits per heavy atom. The van der Waals surface area contributed by atoms with Gasteiger partial charge in [0.25, 0.3) is 0 Å². The lowest BCUT2D eigenvalue weighted by atomic mass is 10.1. The Bertz CT molecular complexity index is 688. The Balaban J connectivity index is 1.91. The summed E-state index contributed by atoms with van der Waals surface area (Å²) in [6.45, 7) is 2.11. The first-order chi connectivity index (χ1) is 9.25. The summed E-state index contributed by atoms with van der Waals surface area (Å²) in [5.74, 6) is 0.873. The lowest BCUT2D eigenvalue weighted by Gasteiger charge is -2.14. The summed E-state index contributed by atoms with van der Waals surface area (Å²) in [5, 5.41) is 3.43. The molecule has 3 rings (SSSR count). The average Bonchev–Trinajstić information content (AvgIpc) is 2.77. The highest BCUT2D eigenvalue weighted by Gasteiger charge is 2.11. The molecule has 4 heteroatoms. The summed E-state index contributed by atoms with van der Waals surface area (Å²) < 4.78 is 2.07. The number of anilines is 1. The van der Waals surface area contributed by atoms with E-state index in [1.807, 2.05) is 37.5 Å². The fourth-order valence-corrected chi connectivity index (χ4v) is 2.18. The van der Waals surface area contributed by atoms with Gasteiger partial charge in [0.05, 0.1) is 17.1 Å². The van der Waals surface area contributed by atoms with Crippen LogP contribution in [-0.4, -0.2) is 14.5 Å². The van der Waals surface area contributed by atoms with Gasteiger partial charge >= 0.3 is 0 Å². The smallest absolute Gasteiger partial charge is 0.204 e. The Hall–Kier alpha value is -2.36. The molecule has 0 aliphatic rings. The van der Waals surface area contributed by atoms with Crippen LogP contribution in [-0.2, 0) is 7.05 Å². The van der Waals surface area contributed by atoms with Crippen LogP contribution in [0.5, 0.6) is 0 Å². The first kappa shape index (κ1) is 11.7. The molecule has 2 heterocycles. The Labute approximate surface area is 112 Å². The van der Waals surface area contributed by atoms with Crippen LogP contribution >= 0.6 is 0 Å². The summed E-state index contributed by atoms with van der Waals surface area (Å²) in [5.41, 5.74) is 3.28. The number of hydrogen-bond donors (Lipinski definition) is 1. The van der Waals surface area contributed by atoms with Gasteiger partial charge in [-0.15, -0.1) is 0 Å². The molecule has 1 aromatic carbocycles. The largest absolute Gasteiger partial charge is 0.349 e. The molecule has 1 atom stereocenters. The molecule has 96 valence electrons. The van der Waals surface area contributed by atoms with Gasteiger partial charge in [-0.05, 0) is 30.7 Å². The third-order valence-corrected chi connectivity index (χ3v) is 3.32. The van der Waals surface area contributed by atoms with Gasteiger partial charge in [-0.25, -0.2) is 4.98 Å². The van der Waals surface area contributed by atoms with Crippen LogP contribution in [0, 0.1) is 0 Å². The van der Waals surface area contributed by atoms with Gasteiger partial charge in [0.15, 0.2) is 0 Å². The monoisotopic (exact) mass is 252 g/mol. The number of nitrogens with zero attached hydrogens (tertiary/aromatic N) is 3. The van der Waals surface area contributed by atoms with E-state index >= 15 is 0 Å². The maximum atomic E-state index is 4.61. The van der Waals surface area contributed by atoms with Gasteiger partial charge in [0.2, 0.25) is 5.95 Å². The second-order valence-corrected chi connectivity index (χ2v) is 4.64. The summed E-state index contributed by atoms with van der Waals surface area (Å²) in [7, 11) is 2.02. The van der Waals surface area contributed by atoms with Crippen LogP contribution in [0.2, 0.25) is 0 Å².